The van der Waals surface area contributed by atoms with Crippen molar-refractivity contribution in [2.45, 2.75) is 12.5 Å². The third kappa shape index (κ3) is 5.15. The number of benzene rings is 3. The van der Waals surface area contributed by atoms with Gasteiger partial charge >= 0.3 is 11.9 Å². The Labute approximate surface area is 225 Å². The highest BCUT2D eigenvalue weighted by Crippen LogP contribution is 2.43. The Kier molecular flexibility index (Phi) is 7.94. The van der Waals surface area contributed by atoms with Gasteiger partial charge in [0.2, 0.25) is 0 Å². The molecule has 194 valence electrons. The van der Waals surface area contributed by atoms with Gasteiger partial charge in [-0.25, -0.2) is 9.59 Å². The number of nitrogens with two attached hydrogens (primary N) is 1. The Balaban J connectivity index is 1.93. The number of carbonyl (C=O) groups is 2. The maximum atomic E-state index is 13.2. The van der Waals surface area contributed by atoms with Crippen LogP contribution in [0.2, 0.25) is 0 Å². The fourth-order valence-corrected chi connectivity index (χ4v) is 4.38. The number of ether oxygens (including phenoxy) is 3. The van der Waals surface area contributed by atoms with Gasteiger partial charge in [-0.3, -0.25) is 4.90 Å². The molecule has 0 saturated carbocycles. The molecular weight excluding hydrogens is 496 g/mol. The average Bonchev–Trinajstić information content (AvgIpc) is 2.99. The van der Waals surface area contributed by atoms with Crippen LogP contribution in [0.15, 0.2) is 102 Å². The topological polar surface area (TPSA) is 139 Å². The van der Waals surface area contributed by atoms with Crippen molar-refractivity contribution in [1.82, 2.24) is 0 Å². The lowest BCUT2D eigenvalue weighted by Crippen LogP contribution is -2.40. The predicted octanol–water partition coefficient (Wildman–Crippen LogP) is 4.04. The predicted molar refractivity (Wildman–Crippen MR) is 141 cm³/mol. The molecular formula is C30H24N4O5. The first-order valence-electron chi connectivity index (χ1n) is 11.8. The fourth-order valence-electron chi connectivity index (χ4n) is 4.38. The number of hydrogen-bond acceptors (Lipinski definition) is 9. The quantitative estimate of drug-likeness (QED) is 0.457. The molecule has 0 spiro atoms. The van der Waals surface area contributed by atoms with Crippen molar-refractivity contribution in [2.75, 3.05) is 19.1 Å². The molecule has 1 aliphatic rings. The lowest BCUT2D eigenvalue weighted by atomic mass is 9.81. The van der Waals surface area contributed by atoms with Crippen LogP contribution in [-0.4, -0.2) is 26.2 Å². The van der Waals surface area contributed by atoms with Gasteiger partial charge in [0.15, 0.2) is 0 Å². The first-order chi connectivity index (χ1) is 18.9. The van der Waals surface area contributed by atoms with Crippen LogP contribution in [0.3, 0.4) is 0 Å². The number of nitriles is 2. The second-order valence-electron chi connectivity index (χ2n) is 8.40. The van der Waals surface area contributed by atoms with E-state index in [1.54, 1.807) is 30.3 Å². The third-order valence-corrected chi connectivity index (χ3v) is 6.19. The van der Waals surface area contributed by atoms with E-state index >= 15 is 0 Å². The van der Waals surface area contributed by atoms with E-state index in [9.17, 15) is 20.1 Å². The van der Waals surface area contributed by atoms with Crippen LogP contribution in [0.1, 0.15) is 22.6 Å². The standard InChI is InChI=1S/C30H24N4O5/c1-37-29(35)26-25(20-11-7-4-8-12-20)23(17-32)28(33)34(27(26)30(36)38-2)22-14-13-21(16-31)24(15-22)39-18-19-9-5-3-6-10-19/h3-15,25H,18,33H2,1-2H3. The minimum Gasteiger partial charge on any atom is -0.487 e. The van der Waals surface area contributed by atoms with Crippen molar-refractivity contribution < 1.29 is 23.8 Å². The lowest BCUT2D eigenvalue weighted by Gasteiger charge is -2.36. The number of allylic oxidation sites excluding steroid dienone is 1. The summed E-state index contributed by atoms with van der Waals surface area (Å²) in [4.78, 5) is 27.7. The average molecular weight is 521 g/mol. The molecule has 9 nitrogen and oxygen atoms in total. The second kappa shape index (κ2) is 11.7. The van der Waals surface area contributed by atoms with Gasteiger partial charge in [-0.05, 0) is 23.3 Å². The Morgan fingerprint density at radius 2 is 1.54 bits per heavy atom. The van der Waals surface area contributed by atoms with Gasteiger partial charge in [0, 0.05) is 6.07 Å². The van der Waals surface area contributed by atoms with Gasteiger partial charge in [-0.15, -0.1) is 0 Å². The molecule has 0 radical (unpaired) electrons. The summed E-state index contributed by atoms with van der Waals surface area (Å²) in [6.45, 7) is 0.178. The molecule has 1 aliphatic heterocycles. The van der Waals surface area contributed by atoms with E-state index in [0.29, 0.717) is 5.56 Å². The van der Waals surface area contributed by atoms with Crippen molar-refractivity contribution in [3.05, 3.63) is 118 Å². The molecule has 0 bridgehead atoms. The van der Waals surface area contributed by atoms with Crippen LogP contribution in [0.5, 0.6) is 5.75 Å². The van der Waals surface area contributed by atoms with Crippen LogP contribution in [0, 0.1) is 22.7 Å². The Morgan fingerprint density at radius 1 is 0.897 bits per heavy atom. The van der Waals surface area contributed by atoms with E-state index in [0.717, 1.165) is 5.56 Å². The molecule has 1 heterocycles. The van der Waals surface area contributed by atoms with Crippen molar-refractivity contribution in [3.63, 3.8) is 0 Å². The summed E-state index contributed by atoms with van der Waals surface area (Å²) in [5, 5.41) is 19.9. The first kappa shape index (κ1) is 26.5. The first-order valence-corrected chi connectivity index (χ1v) is 11.8. The molecule has 0 aliphatic carbocycles. The van der Waals surface area contributed by atoms with Crippen molar-refractivity contribution in [3.8, 4) is 17.9 Å². The number of hydrogen-bond donors (Lipinski definition) is 1. The number of nitrogens with zero attached hydrogens (tertiary/aromatic N) is 3. The smallest absolute Gasteiger partial charge is 0.355 e. The summed E-state index contributed by atoms with van der Waals surface area (Å²) in [6, 6.07) is 26.9. The highest BCUT2D eigenvalue weighted by molar-refractivity contribution is 6.06. The summed E-state index contributed by atoms with van der Waals surface area (Å²) < 4.78 is 16.1. The number of anilines is 1. The maximum Gasteiger partial charge on any atom is 0.355 e. The van der Waals surface area contributed by atoms with Gasteiger partial charge in [-0.2, -0.15) is 10.5 Å². The normalized spacial score (nSPS) is 14.8. The molecule has 4 rings (SSSR count). The van der Waals surface area contributed by atoms with E-state index in [1.165, 1.54) is 37.3 Å². The Hall–Kier alpha value is -5.54. The van der Waals surface area contributed by atoms with E-state index < -0.39 is 17.9 Å². The van der Waals surface area contributed by atoms with E-state index in [-0.39, 0.29) is 46.3 Å². The second-order valence-corrected chi connectivity index (χ2v) is 8.40. The summed E-state index contributed by atoms with van der Waals surface area (Å²) in [5.74, 6) is -2.55. The van der Waals surface area contributed by atoms with Crippen LogP contribution >= 0.6 is 0 Å². The van der Waals surface area contributed by atoms with Crippen molar-refractivity contribution in [2.24, 2.45) is 5.73 Å². The molecule has 9 heteroatoms. The van der Waals surface area contributed by atoms with Gasteiger partial charge in [0.25, 0.3) is 0 Å². The van der Waals surface area contributed by atoms with Crippen LogP contribution in [0.4, 0.5) is 5.69 Å². The number of methoxy groups -OCH3 is 2. The number of esters is 2. The maximum absolute atomic E-state index is 13.2. The van der Waals surface area contributed by atoms with Gasteiger partial charge in [-0.1, -0.05) is 60.7 Å². The van der Waals surface area contributed by atoms with E-state index in [4.69, 9.17) is 19.9 Å². The summed E-state index contributed by atoms with van der Waals surface area (Å²) >= 11 is 0. The van der Waals surface area contributed by atoms with Crippen LogP contribution < -0.4 is 15.4 Å². The Morgan fingerprint density at radius 3 is 2.13 bits per heavy atom. The zero-order valence-corrected chi connectivity index (χ0v) is 21.3. The number of rotatable bonds is 7. The lowest BCUT2D eigenvalue weighted by molar-refractivity contribution is -0.139. The Bertz CT molecular complexity index is 1550. The molecule has 1 unspecified atom stereocenters. The van der Waals surface area contributed by atoms with Crippen LogP contribution in [0.25, 0.3) is 0 Å². The van der Waals surface area contributed by atoms with Gasteiger partial charge < -0.3 is 19.9 Å². The summed E-state index contributed by atoms with van der Waals surface area (Å²) in [6.07, 6.45) is 0. The highest BCUT2D eigenvalue weighted by atomic mass is 16.5. The molecule has 0 fully saturated rings. The monoisotopic (exact) mass is 520 g/mol. The summed E-state index contributed by atoms with van der Waals surface area (Å²) in [7, 11) is 2.36. The molecule has 0 amide bonds. The minimum absolute atomic E-state index is 0.0327. The highest BCUT2D eigenvalue weighted by Gasteiger charge is 2.43. The number of carbonyl (C=O) groups excluding carboxylic acids is 2. The van der Waals surface area contributed by atoms with Gasteiger partial charge in [0.05, 0.1) is 48.6 Å². The largest absolute Gasteiger partial charge is 0.487 e. The molecule has 3 aromatic carbocycles. The minimum atomic E-state index is -0.985. The molecule has 1 atom stereocenters. The molecule has 3 aromatic rings. The zero-order chi connectivity index (χ0) is 27.9. The molecule has 0 aromatic heterocycles. The van der Waals surface area contributed by atoms with E-state index in [1.807, 2.05) is 30.3 Å². The molecule has 0 saturated heterocycles. The van der Waals surface area contributed by atoms with Crippen molar-refractivity contribution in [1.29, 1.82) is 10.5 Å². The molecule has 39 heavy (non-hydrogen) atoms. The zero-order valence-electron chi connectivity index (χ0n) is 21.3. The fraction of sp³-hybridized carbons (Fsp3) is 0.133. The van der Waals surface area contributed by atoms with Crippen molar-refractivity contribution >= 4 is 17.6 Å². The van der Waals surface area contributed by atoms with E-state index in [2.05, 4.69) is 12.1 Å². The third-order valence-electron chi connectivity index (χ3n) is 6.19. The summed E-state index contributed by atoms with van der Waals surface area (Å²) in [5.41, 5.74) is 8.21. The van der Waals surface area contributed by atoms with Crippen LogP contribution in [-0.2, 0) is 25.7 Å². The van der Waals surface area contributed by atoms with Gasteiger partial charge in [0.1, 0.15) is 29.9 Å². The SMILES string of the molecule is COC(=O)C1=C(C(=O)OC)N(c2ccc(C#N)c(OCc3ccccc3)c2)C(N)=C(C#N)C1c1ccccc1. The molecule has 2 N–H and O–H groups in total.